The van der Waals surface area contributed by atoms with E-state index in [1.54, 1.807) is 36.4 Å². The number of carbonyl (C=O) groups excluding carboxylic acids is 1. The van der Waals surface area contributed by atoms with Gasteiger partial charge in [-0.25, -0.2) is 0 Å². The van der Waals surface area contributed by atoms with Crippen LogP contribution in [0.25, 0.3) is 10.9 Å². The molecule has 0 unspecified atom stereocenters. The quantitative estimate of drug-likeness (QED) is 0.717. The first-order valence-corrected chi connectivity index (χ1v) is 8.99. The molecule has 0 spiro atoms. The molecule has 5 heteroatoms. The van der Waals surface area contributed by atoms with Gasteiger partial charge in [-0.1, -0.05) is 26.8 Å². The van der Waals surface area contributed by atoms with Crippen molar-refractivity contribution in [2.24, 2.45) is 0 Å². The Morgan fingerprint density at radius 1 is 1.07 bits per heavy atom. The third-order valence-corrected chi connectivity index (χ3v) is 4.34. The summed E-state index contributed by atoms with van der Waals surface area (Å²) >= 11 is 0. The highest BCUT2D eigenvalue weighted by molar-refractivity contribution is 6.05. The van der Waals surface area contributed by atoms with Gasteiger partial charge in [0.2, 0.25) is 5.56 Å². The number of nitrogens with one attached hydrogen (secondary N) is 2. The van der Waals surface area contributed by atoms with E-state index in [1.165, 1.54) is 0 Å². The molecular weight excluding hydrogens is 340 g/mol. The zero-order valence-electron chi connectivity index (χ0n) is 16.1. The molecular formula is C22H24N2O3. The molecule has 140 valence electrons. The fourth-order valence-corrected chi connectivity index (χ4v) is 3.03. The fraction of sp³-hybridized carbons (Fsp3) is 0.273. The Kier molecular flexibility index (Phi) is 5.04. The molecule has 27 heavy (non-hydrogen) atoms. The molecule has 1 amide bonds. The number of aromatic amines is 1. The number of aromatic nitrogens is 1. The van der Waals surface area contributed by atoms with Crippen LogP contribution in [0.2, 0.25) is 0 Å². The second-order valence-electron chi connectivity index (χ2n) is 7.47. The van der Waals surface area contributed by atoms with E-state index in [-0.39, 0.29) is 16.9 Å². The van der Waals surface area contributed by atoms with Gasteiger partial charge in [0.25, 0.3) is 5.91 Å². The average Bonchev–Trinajstić information content (AvgIpc) is 2.61. The molecule has 0 fully saturated rings. The van der Waals surface area contributed by atoms with Gasteiger partial charge < -0.3 is 15.0 Å². The molecule has 2 aromatic carbocycles. The summed E-state index contributed by atoms with van der Waals surface area (Å²) in [6.07, 6.45) is 0. The van der Waals surface area contributed by atoms with Crippen molar-refractivity contribution in [3.63, 3.8) is 0 Å². The number of H-pyrrole nitrogens is 1. The highest BCUT2D eigenvalue weighted by Crippen LogP contribution is 2.29. The topological polar surface area (TPSA) is 71.2 Å². The van der Waals surface area contributed by atoms with Crippen LogP contribution in [0.5, 0.6) is 5.75 Å². The Bertz CT molecular complexity index is 1030. The molecule has 3 aromatic rings. The molecule has 0 aliphatic rings. The summed E-state index contributed by atoms with van der Waals surface area (Å²) in [5.41, 5.74) is 2.54. The van der Waals surface area contributed by atoms with Crippen LogP contribution in [0.1, 0.15) is 43.6 Å². The molecule has 0 aliphatic carbocycles. The number of pyridine rings is 1. The zero-order valence-corrected chi connectivity index (χ0v) is 16.1. The average molecular weight is 364 g/mol. The van der Waals surface area contributed by atoms with Crippen LogP contribution in [-0.2, 0) is 5.41 Å². The largest absolute Gasteiger partial charge is 0.494 e. The molecule has 1 aromatic heterocycles. The number of fused-ring (bicyclic) bond motifs is 1. The lowest BCUT2D eigenvalue weighted by Crippen LogP contribution is -2.17. The third-order valence-electron chi connectivity index (χ3n) is 4.34. The van der Waals surface area contributed by atoms with Gasteiger partial charge in [0.15, 0.2) is 0 Å². The number of benzene rings is 2. The Morgan fingerprint density at radius 3 is 2.41 bits per heavy atom. The van der Waals surface area contributed by atoms with Gasteiger partial charge in [0, 0.05) is 22.7 Å². The molecule has 0 radical (unpaired) electrons. The summed E-state index contributed by atoms with van der Waals surface area (Å²) in [6.45, 7) is 8.71. The summed E-state index contributed by atoms with van der Waals surface area (Å²) in [5.74, 6) is 0.513. The number of hydrogen-bond acceptors (Lipinski definition) is 3. The molecule has 3 rings (SSSR count). The van der Waals surface area contributed by atoms with E-state index < -0.39 is 0 Å². The van der Waals surface area contributed by atoms with Crippen molar-refractivity contribution in [3.05, 3.63) is 70.0 Å². The van der Waals surface area contributed by atoms with Crippen molar-refractivity contribution in [2.45, 2.75) is 33.1 Å². The van der Waals surface area contributed by atoms with Crippen molar-refractivity contribution in [1.29, 1.82) is 0 Å². The van der Waals surface area contributed by atoms with Crippen LogP contribution in [0.4, 0.5) is 5.69 Å². The maximum absolute atomic E-state index is 12.5. The molecule has 0 saturated heterocycles. The molecule has 0 saturated carbocycles. The minimum absolute atomic E-state index is 0.151. The normalized spacial score (nSPS) is 11.4. The van der Waals surface area contributed by atoms with Crippen molar-refractivity contribution in [3.8, 4) is 5.75 Å². The molecule has 1 heterocycles. The van der Waals surface area contributed by atoms with Crippen LogP contribution in [0.3, 0.4) is 0 Å². The van der Waals surface area contributed by atoms with Gasteiger partial charge in [-0.3, -0.25) is 9.59 Å². The monoisotopic (exact) mass is 364 g/mol. The Morgan fingerprint density at radius 2 is 1.78 bits per heavy atom. The molecule has 2 N–H and O–H groups in total. The van der Waals surface area contributed by atoms with Gasteiger partial charge >= 0.3 is 0 Å². The van der Waals surface area contributed by atoms with E-state index in [4.69, 9.17) is 4.74 Å². The molecule has 0 bridgehead atoms. The maximum Gasteiger partial charge on any atom is 0.255 e. The van der Waals surface area contributed by atoms with Crippen molar-refractivity contribution in [2.75, 3.05) is 11.9 Å². The van der Waals surface area contributed by atoms with Gasteiger partial charge in [0.05, 0.1) is 12.1 Å². The summed E-state index contributed by atoms with van der Waals surface area (Å²) in [4.78, 5) is 27.4. The summed E-state index contributed by atoms with van der Waals surface area (Å²) in [6, 6.07) is 14.2. The van der Waals surface area contributed by atoms with E-state index >= 15 is 0 Å². The van der Waals surface area contributed by atoms with Gasteiger partial charge in [0.1, 0.15) is 5.75 Å². The third kappa shape index (κ3) is 4.19. The highest BCUT2D eigenvalue weighted by Gasteiger charge is 2.18. The van der Waals surface area contributed by atoms with Crippen LogP contribution in [0.15, 0.2) is 53.3 Å². The lowest BCUT2D eigenvalue weighted by Gasteiger charge is -2.21. The first-order valence-electron chi connectivity index (χ1n) is 8.99. The molecule has 5 nitrogen and oxygen atoms in total. The minimum Gasteiger partial charge on any atom is -0.494 e. The van der Waals surface area contributed by atoms with Crippen LogP contribution >= 0.6 is 0 Å². The predicted octanol–water partition coefficient (Wildman–Crippen LogP) is 4.48. The van der Waals surface area contributed by atoms with Crippen molar-refractivity contribution >= 4 is 22.5 Å². The molecule has 0 aliphatic heterocycles. The van der Waals surface area contributed by atoms with Gasteiger partial charge in [-0.15, -0.1) is 0 Å². The number of hydrogen-bond donors (Lipinski definition) is 2. The number of rotatable bonds is 4. The number of amides is 1. The van der Waals surface area contributed by atoms with Crippen molar-refractivity contribution in [1.82, 2.24) is 4.98 Å². The van der Waals surface area contributed by atoms with E-state index in [2.05, 4.69) is 31.1 Å². The van der Waals surface area contributed by atoms with Crippen LogP contribution < -0.4 is 15.6 Å². The van der Waals surface area contributed by atoms with Crippen molar-refractivity contribution < 1.29 is 9.53 Å². The predicted molar refractivity (Wildman–Crippen MR) is 109 cm³/mol. The lowest BCUT2D eigenvalue weighted by molar-refractivity contribution is 0.102. The fourth-order valence-electron chi connectivity index (χ4n) is 3.03. The first kappa shape index (κ1) is 18.7. The standard InChI is InChI=1S/C22H24N2O3/c1-5-27-16-9-6-14(7-10-16)21(26)23-15-8-11-17-18(22(2,3)4)13-20(25)24-19(17)12-15/h6-13H,5H2,1-4H3,(H,23,26)(H,24,25). The zero-order chi connectivity index (χ0) is 19.6. The Hall–Kier alpha value is -3.08. The first-order chi connectivity index (χ1) is 12.8. The van der Waals surface area contributed by atoms with Gasteiger partial charge in [-0.2, -0.15) is 0 Å². The van der Waals surface area contributed by atoms with E-state index in [0.717, 1.165) is 16.7 Å². The lowest BCUT2D eigenvalue weighted by atomic mass is 9.85. The number of ether oxygens (including phenoxy) is 1. The smallest absolute Gasteiger partial charge is 0.255 e. The summed E-state index contributed by atoms with van der Waals surface area (Å²) < 4.78 is 5.39. The van der Waals surface area contributed by atoms with Crippen LogP contribution in [-0.4, -0.2) is 17.5 Å². The number of carbonyl (C=O) groups is 1. The van der Waals surface area contributed by atoms with E-state index in [0.29, 0.717) is 23.4 Å². The molecule has 0 atom stereocenters. The van der Waals surface area contributed by atoms with E-state index in [9.17, 15) is 9.59 Å². The summed E-state index contributed by atoms with van der Waals surface area (Å²) in [7, 11) is 0. The maximum atomic E-state index is 12.5. The SMILES string of the molecule is CCOc1ccc(C(=O)Nc2ccc3c(C(C)(C)C)cc(=O)[nH]c3c2)cc1. The minimum atomic E-state index is -0.216. The highest BCUT2D eigenvalue weighted by atomic mass is 16.5. The Balaban J connectivity index is 1.89. The van der Waals surface area contributed by atoms with Crippen LogP contribution in [0, 0.1) is 0 Å². The van der Waals surface area contributed by atoms with Gasteiger partial charge in [-0.05, 0) is 54.3 Å². The second-order valence-corrected chi connectivity index (χ2v) is 7.47. The second kappa shape index (κ2) is 7.27. The van der Waals surface area contributed by atoms with E-state index in [1.807, 2.05) is 19.1 Å². The number of anilines is 1. The Labute approximate surface area is 158 Å². The summed E-state index contributed by atoms with van der Waals surface area (Å²) in [5, 5.41) is 3.85.